The number of likely N-dealkylation sites (N-methyl/N-ethyl adjacent to an activating group) is 1. The number of nitrogens with zero attached hydrogens (tertiary/aromatic N) is 4. The molecule has 8 heteroatoms. The van der Waals surface area contributed by atoms with Gasteiger partial charge in [-0.25, -0.2) is 0 Å². The van der Waals surface area contributed by atoms with Gasteiger partial charge < -0.3 is 24.3 Å². The van der Waals surface area contributed by atoms with E-state index >= 15 is 0 Å². The SMILES string of the molecule is CC(C)C(=O)N1CCCC1.CC(C)C(=O)N1CCN(C)CC1.CC(C)C(=O)N1CCOCC1. The van der Waals surface area contributed by atoms with Gasteiger partial charge in [-0.1, -0.05) is 41.5 Å². The number of hydrogen-bond donors (Lipinski definition) is 0. The molecule has 0 spiro atoms. The number of piperazine rings is 1. The summed E-state index contributed by atoms with van der Waals surface area (Å²) in [6.07, 6.45) is 2.39. The van der Waals surface area contributed by atoms with Crippen LogP contribution in [-0.4, -0.2) is 110 Å². The molecule has 3 amide bonds. The Morgan fingerprint density at radius 2 is 0.879 bits per heavy atom. The van der Waals surface area contributed by atoms with Gasteiger partial charge in [-0.05, 0) is 19.9 Å². The molecular formula is C25H48N4O4. The number of hydrogen-bond acceptors (Lipinski definition) is 5. The summed E-state index contributed by atoms with van der Waals surface area (Å²) in [4.78, 5) is 42.2. The minimum atomic E-state index is 0.119. The van der Waals surface area contributed by atoms with Crippen LogP contribution in [0.3, 0.4) is 0 Å². The highest BCUT2D eigenvalue weighted by Crippen LogP contribution is 2.11. The lowest BCUT2D eigenvalue weighted by atomic mass is 10.2. The van der Waals surface area contributed by atoms with Crippen LogP contribution >= 0.6 is 0 Å². The van der Waals surface area contributed by atoms with E-state index in [9.17, 15) is 14.4 Å². The molecule has 0 aromatic carbocycles. The number of carbonyl (C=O) groups excluding carboxylic acids is 3. The van der Waals surface area contributed by atoms with E-state index in [0.29, 0.717) is 25.0 Å². The maximum Gasteiger partial charge on any atom is 0.225 e. The summed E-state index contributed by atoms with van der Waals surface area (Å²) in [5.74, 6) is 1.30. The lowest BCUT2D eigenvalue weighted by molar-refractivity contribution is -0.138. The van der Waals surface area contributed by atoms with Crippen LogP contribution in [0.25, 0.3) is 0 Å². The molecule has 3 heterocycles. The molecule has 0 aromatic rings. The van der Waals surface area contributed by atoms with Crippen LogP contribution in [0.5, 0.6) is 0 Å². The molecule has 3 rings (SSSR count). The van der Waals surface area contributed by atoms with Gasteiger partial charge >= 0.3 is 0 Å². The number of likely N-dealkylation sites (tertiary alicyclic amines) is 1. The smallest absolute Gasteiger partial charge is 0.225 e. The summed E-state index contributed by atoms with van der Waals surface area (Å²) in [6, 6.07) is 0. The van der Waals surface area contributed by atoms with Crippen molar-refractivity contribution in [1.29, 1.82) is 0 Å². The van der Waals surface area contributed by atoms with Gasteiger partial charge in [0.2, 0.25) is 17.7 Å². The first kappa shape index (κ1) is 29.4. The van der Waals surface area contributed by atoms with Crippen molar-refractivity contribution in [2.45, 2.75) is 54.4 Å². The Morgan fingerprint density at radius 1 is 0.545 bits per heavy atom. The Kier molecular flexibility index (Phi) is 13.6. The molecule has 0 saturated carbocycles. The van der Waals surface area contributed by atoms with Gasteiger partial charge in [-0.15, -0.1) is 0 Å². The van der Waals surface area contributed by atoms with E-state index in [1.165, 1.54) is 12.8 Å². The van der Waals surface area contributed by atoms with Crippen LogP contribution in [0.2, 0.25) is 0 Å². The van der Waals surface area contributed by atoms with E-state index in [1.54, 1.807) is 0 Å². The van der Waals surface area contributed by atoms with E-state index in [0.717, 1.165) is 52.4 Å². The molecule has 0 aromatic heterocycles. The number of morpholine rings is 1. The molecule has 3 saturated heterocycles. The van der Waals surface area contributed by atoms with E-state index in [2.05, 4.69) is 11.9 Å². The molecule has 3 aliphatic heterocycles. The van der Waals surface area contributed by atoms with Crippen LogP contribution < -0.4 is 0 Å². The summed E-state index contributed by atoms with van der Waals surface area (Å²) in [6.45, 7) is 20.4. The summed E-state index contributed by atoms with van der Waals surface area (Å²) in [5.41, 5.74) is 0. The molecule has 0 atom stereocenters. The fraction of sp³-hybridized carbons (Fsp3) is 0.880. The first-order chi connectivity index (χ1) is 15.5. The summed E-state index contributed by atoms with van der Waals surface area (Å²) < 4.78 is 5.14. The van der Waals surface area contributed by atoms with Crippen molar-refractivity contribution >= 4 is 17.7 Å². The highest BCUT2D eigenvalue weighted by molar-refractivity contribution is 5.79. The van der Waals surface area contributed by atoms with Gasteiger partial charge in [0.05, 0.1) is 13.2 Å². The second-order valence-corrected chi connectivity index (χ2v) is 10.1. The normalized spacial score (nSPS) is 19.3. The van der Waals surface area contributed by atoms with E-state index in [4.69, 9.17) is 4.74 Å². The molecule has 3 aliphatic rings. The van der Waals surface area contributed by atoms with Gasteiger partial charge in [-0.3, -0.25) is 14.4 Å². The third-order valence-corrected chi connectivity index (χ3v) is 6.04. The Bertz CT molecular complexity index is 589. The predicted octanol–water partition coefficient (Wildman–Crippen LogP) is 2.18. The van der Waals surface area contributed by atoms with Gasteiger partial charge in [0.25, 0.3) is 0 Å². The van der Waals surface area contributed by atoms with Gasteiger partial charge in [0.15, 0.2) is 0 Å². The van der Waals surface area contributed by atoms with Gasteiger partial charge in [0.1, 0.15) is 0 Å². The fourth-order valence-electron chi connectivity index (χ4n) is 3.84. The van der Waals surface area contributed by atoms with E-state index < -0.39 is 0 Å². The van der Waals surface area contributed by atoms with Crippen molar-refractivity contribution < 1.29 is 19.1 Å². The maximum atomic E-state index is 11.5. The zero-order valence-corrected chi connectivity index (χ0v) is 22.1. The van der Waals surface area contributed by atoms with E-state index in [-0.39, 0.29) is 23.7 Å². The minimum Gasteiger partial charge on any atom is -0.378 e. The molecule has 8 nitrogen and oxygen atoms in total. The Labute approximate surface area is 201 Å². The predicted molar refractivity (Wildman–Crippen MR) is 132 cm³/mol. The molecule has 0 unspecified atom stereocenters. The largest absolute Gasteiger partial charge is 0.378 e. The first-order valence-corrected chi connectivity index (χ1v) is 12.7. The van der Waals surface area contributed by atoms with Gasteiger partial charge in [-0.2, -0.15) is 0 Å². The van der Waals surface area contributed by atoms with E-state index in [1.807, 2.05) is 56.2 Å². The Hall–Kier alpha value is -1.67. The molecule has 0 N–H and O–H groups in total. The Morgan fingerprint density at radius 3 is 1.24 bits per heavy atom. The third-order valence-electron chi connectivity index (χ3n) is 6.04. The standard InChI is InChI=1S/C9H18N2O.C8H15NO2.C8H15NO/c1-8(2)9(12)11-6-4-10(3)5-7-11;1-7(2)8(10)9-3-5-11-6-4-9;1-7(2)8(10)9-5-3-4-6-9/h8H,4-7H2,1-3H3;7H,3-6H2,1-2H3;7H,3-6H2,1-2H3. The van der Waals surface area contributed by atoms with Crippen LogP contribution in [-0.2, 0) is 19.1 Å². The van der Waals surface area contributed by atoms with Crippen LogP contribution in [0.1, 0.15) is 54.4 Å². The molecule has 0 radical (unpaired) electrons. The second kappa shape index (κ2) is 15.3. The molecule has 33 heavy (non-hydrogen) atoms. The van der Waals surface area contributed by atoms with Crippen molar-refractivity contribution in [2.75, 3.05) is 72.6 Å². The highest BCUT2D eigenvalue weighted by Gasteiger charge is 2.21. The van der Waals surface area contributed by atoms with Crippen molar-refractivity contribution in [3.63, 3.8) is 0 Å². The van der Waals surface area contributed by atoms with Crippen LogP contribution in [0, 0.1) is 17.8 Å². The third kappa shape index (κ3) is 10.9. The first-order valence-electron chi connectivity index (χ1n) is 12.7. The van der Waals surface area contributed by atoms with Crippen LogP contribution in [0.15, 0.2) is 0 Å². The monoisotopic (exact) mass is 468 g/mol. The Balaban J connectivity index is 0.000000249. The van der Waals surface area contributed by atoms with Crippen LogP contribution in [0.4, 0.5) is 0 Å². The average Bonchev–Trinajstić information content (AvgIpc) is 3.34. The molecule has 192 valence electrons. The topological polar surface area (TPSA) is 73.4 Å². The second-order valence-electron chi connectivity index (χ2n) is 10.1. The zero-order chi connectivity index (χ0) is 25.0. The summed E-state index contributed by atoms with van der Waals surface area (Å²) in [5, 5.41) is 0. The maximum absolute atomic E-state index is 11.5. The number of carbonyl (C=O) groups is 3. The molecule has 0 aliphatic carbocycles. The number of rotatable bonds is 3. The quantitative estimate of drug-likeness (QED) is 0.635. The minimum absolute atomic E-state index is 0.119. The van der Waals surface area contributed by atoms with Crippen molar-refractivity contribution in [3.8, 4) is 0 Å². The summed E-state index contributed by atoms with van der Waals surface area (Å²) in [7, 11) is 2.09. The fourth-order valence-corrected chi connectivity index (χ4v) is 3.84. The summed E-state index contributed by atoms with van der Waals surface area (Å²) >= 11 is 0. The average molecular weight is 469 g/mol. The molecule has 3 fully saturated rings. The van der Waals surface area contributed by atoms with Crippen molar-refractivity contribution in [3.05, 3.63) is 0 Å². The van der Waals surface area contributed by atoms with Gasteiger partial charge in [0, 0.05) is 70.1 Å². The van der Waals surface area contributed by atoms with Crippen molar-refractivity contribution in [1.82, 2.24) is 19.6 Å². The highest BCUT2D eigenvalue weighted by atomic mass is 16.5. The lowest BCUT2D eigenvalue weighted by Gasteiger charge is -2.33. The number of amides is 3. The lowest BCUT2D eigenvalue weighted by Crippen LogP contribution is -2.48. The molecular weight excluding hydrogens is 420 g/mol. The molecule has 0 bridgehead atoms. The van der Waals surface area contributed by atoms with Crippen molar-refractivity contribution in [2.24, 2.45) is 17.8 Å². The zero-order valence-electron chi connectivity index (χ0n) is 22.1. The number of ether oxygens (including phenoxy) is 1.